The number of benzene rings is 2. The monoisotopic (exact) mass is 492 g/mol. The summed E-state index contributed by atoms with van der Waals surface area (Å²) in [4.78, 5) is 17.5. The Hall–Kier alpha value is -3.50. The first kappa shape index (κ1) is 26.1. The van der Waals surface area contributed by atoms with E-state index >= 15 is 0 Å². The van der Waals surface area contributed by atoms with Crippen LogP contribution < -0.4 is 4.90 Å². The van der Waals surface area contributed by atoms with Crippen molar-refractivity contribution in [1.29, 1.82) is 0 Å². The van der Waals surface area contributed by atoms with Crippen LogP contribution in [0.1, 0.15) is 38.1 Å². The third-order valence-electron chi connectivity index (χ3n) is 4.67. The number of rotatable bonds is 7. The highest BCUT2D eigenvalue weighted by atomic mass is 19.1. The number of aliphatic hydroxyl groups excluding tert-OH is 1. The average molecular weight is 492 g/mol. The van der Waals surface area contributed by atoms with Crippen LogP contribution in [0.25, 0.3) is 11.3 Å². The first-order chi connectivity index (χ1) is 16.4. The number of esters is 1. The second kappa shape index (κ2) is 10.4. The van der Waals surface area contributed by atoms with Crippen LogP contribution in [0, 0.1) is 23.3 Å². The molecule has 3 rings (SSSR count). The van der Waals surface area contributed by atoms with Gasteiger partial charge in [0.15, 0.2) is 0 Å². The minimum Gasteiger partial charge on any atom is -0.462 e. The summed E-state index contributed by atoms with van der Waals surface area (Å²) in [7, 11) is 0. The van der Waals surface area contributed by atoms with Crippen LogP contribution in [0.4, 0.5) is 29.1 Å². The van der Waals surface area contributed by atoms with Gasteiger partial charge >= 0.3 is 5.97 Å². The molecule has 0 aliphatic heterocycles. The van der Waals surface area contributed by atoms with E-state index in [1.807, 2.05) is 0 Å². The van der Waals surface area contributed by atoms with Crippen LogP contribution in [0.15, 0.2) is 48.5 Å². The molecule has 0 aliphatic carbocycles. The Labute approximate surface area is 199 Å². The van der Waals surface area contributed by atoms with E-state index in [9.17, 15) is 27.5 Å². The number of hydrogen-bond donors (Lipinski definition) is 1. The third-order valence-corrected chi connectivity index (χ3v) is 4.67. The van der Waals surface area contributed by atoms with Crippen LogP contribution in [-0.2, 0) is 9.47 Å². The number of aliphatic hydroxyl groups is 1. The molecule has 1 aromatic heterocycles. The summed E-state index contributed by atoms with van der Waals surface area (Å²) < 4.78 is 68.3. The summed E-state index contributed by atoms with van der Waals surface area (Å²) in [6.07, 6.45) is -1.94. The summed E-state index contributed by atoms with van der Waals surface area (Å²) in [5, 5.41) is 10.8. The number of pyridine rings is 1. The molecule has 0 radical (unpaired) electrons. The number of hydrogen-bond acceptors (Lipinski definition) is 6. The standard InChI is InChI=1S/C25H24F4N2O4/c1-5-34-23(32)16-11-12-20(30-21(16)15-10-9-14(26)13-19(15)29)31(24(33)35-25(2,3)4)22-17(27)7-6-8-18(22)28/h6-13,24,33H,5H2,1-4H3. The Morgan fingerprint density at radius 3 is 2.26 bits per heavy atom. The molecular weight excluding hydrogens is 468 g/mol. The molecule has 6 nitrogen and oxygen atoms in total. The largest absolute Gasteiger partial charge is 0.462 e. The highest BCUT2D eigenvalue weighted by molar-refractivity contribution is 5.96. The zero-order valence-corrected chi connectivity index (χ0v) is 19.5. The minimum absolute atomic E-state index is 0.0105. The maximum Gasteiger partial charge on any atom is 0.340 e. The van der Waals surface area contributed by atoms with Gasteiger partial charge in [0, 0.05) is 11.6 Å². The topological polar surface area (TPSA) is 71.9 Å². The van der Waals surface area contributed by atoms with Crippen molar-refractivity contribution in [3.8, 4) is 11.3 Å². The normalized spacial score (nSPS) is 12.4. The molecule has 10 heteroatoms. The molecule has 0 fully saturated rings. The molecule has 0 saturated carbocycles. The Morgan fingerprint density at radius 2 is 1.69 bits per heavy atom. The maximum absolute atomic E-state index is 14.8. The van der Waals surface area contributed by atoms with Gasteiger partial charge in [0.25, 0.3) is 0 Å². The first-order valence-electron chi connectivity index (χ1n) is 10.7. The predicted molar refractivity (Wildman–Crippen MR) is 121 cm³/mol. The molecular formula is C25H24F4N2O4. The fourth-order valence-electron chi connectivity index (χ4n) is 3.27. The van der Waals surface area contributed by atoms with Gasteiger partial charge in [-0.05, 0) is 64.1 Å². The highest BCUT2D eigenvalue weighted by Crippen LogP contribution is 2.35. The predicted octanol–water partition coefficient (Wildman–Crippen LogP) is 5.71. The van der Waals surface area contributed by atoms with Gasteiger partial charge < -0.3 is 14.6 Å². The average Bonchev–Trinajstić information content (AvgIpc) is 2.75. The van der Waals surface area contributed by atoms with Crippen molar-refractivity contribution in [1.82, 2.24) is 4.98 Å². The van der Waals surface area contributed by atoms with E-state index in [1.54, 1.807) is 27.7 Å². The number of anilines is 2. The Bertz CT molecular complexity index is 1210. The van der Waals surface area contributed by atoms with E-state index in [4.69, 9.17) is 9.47 Å². The van der Waals surface area contributed by atoms with E-state index in [-0.39, 0.29) is 29.2 Å². The van der Waals surface area contributed by atoms with Gasteiger partial charge in [-0.3, -0.25) is 4.90 Å². The van der Waals surface area contributed by atoms with Crippen molar-refractivity contribution >= 4 is 17.5 Å². The summed E-state index contributed by atoms with van der Waals surface area (Å²) in [6.45, 7) is 6.42. The van der Waals surface area contributed by atoms with E-state index in [1.165, 1.54) is 12.1 Å². The van der Waals surface area contributed by atoms with Crippen LogP contribution in [0.2, 0.25) is 0 Å². The fourth-order valence-corrected chi connectivity index (χ4v) is 3.27. The molecule has 186 valence electrons. The molecule has 2 aromatic carbocycles. The number of nitrogens with zero attached hydrogens (tertiary/aromatic N) is 2. The Balaban J connectivity index is 2.28. The van der Waals surface area contributed by atoms with Crippen molar-refractivity contribution in [3.05, 3.63) is 77.4 Å². The van der Waals surface area contributed by atoms with Crippen LogP contribution in [0.3, 0.4) is 0 Å². The van der Waals surface area contributed by atoms with Gasteiger partial charge in [0.05, 0.1) is 23.5 Å². The number of aromatic nitrogens is 1. The second-order valence-electron chi connectivity index (χ2n) is 8.41. The van der Waals surface area contributed by atoms with Crippen molar-refractivity contribution in [2.45, 2.75) is 39.7 Å². The summed E-state index contributed by atoms with van der Waals surface area (Å²) >= 11 is 0. The van der Waals surface area contributed by atoms with Crippen molar-refractivity contribution in [2.75, 3.05) is 11.5 Å². The van der Waals surface area contributed by atoms with E-state index in [0.29, 0.717) is 6.07 Å². The SMILES string of the molecule is CCOC(=O)c1ccc(N(c2c(F)cccc2F)C(O)OC(C)(C)C)nc1-c1ccc(F)cc1F. The second-order valence-corrected chi connectivity index (χ2v) is 8.41. The van der Waals surface area contributed by atoms with Gasteiger partial charge in [-0.1, -0.05) is 6.07 Å². The molecule has 35 heavy (non-hydrogen) atoms. The summed E-state index contributed by atoms with van der Waals surface area (Å²) in [6, 6.07) is 8.12. The lowest BCUT2D eigenvalue weighted by Crippen LogP contribution is -2.40. The van der Waals surface area contributed by atoms with Crippen molar-refractivity contribution in [3.63, 3.8) is 0 Å². The number of halogens is 4. The fraction of sp³-hybridized carbons (Fsp3) is 0.280. The molecule has 1 unspecified atom stereocenters. The van der Waals surface area contributed by atoms with E-state index in [0.717, 1.165) is 35.2 Å². The summed E-state index contributed by atoms with van der Waals surface area (Å²) in [5.41, 5.74) is -2.37. The first-order valence-corrected chi connectivity index (χ1v) is 10.7. The van der Waals surface area contributed by atoms with Crippen molar-refractivity contribution in [2.24, 2.45) is 0 Å². The zero-order chi connectivity index (χ0) is 25.9. The van der Waals surface area contributed by atoms with Gasteiger partial charge in [0.1, 0.15) is 34.8 Å². The molecule has 0 aliphatic rings. The molecule has 1 heterocycles. The summed E-state index contributed by atoms with van der Waals surface area (Å²) in [5.74, 6) is -5.09. The molecule has 0 bridgehead atoms. The minimum atomic E-state index is -1.94. The molecule has 0 spiro atoms. The lowest BCUT2D eigenvalue weighted by molar-refractivity contribution is -0.160. The molecule has 0 saturated heterocycles. The number of carbonyl (C=O) groups is 1. The Kier molecular flexibility index (Phi) is 7.76. The van der Waals surface area contributed by atoms with Gasteiger partial charge in [-0.15, -0.1) is 0 Å². The van der Waals surface area contributed by atoms with Crippen LogP contribution in [0.5, 0.6) is 0 Å². The van der Waals surface area contributed by atoms with E-state index < -0.39 is 46.9 Å². The van der Waals surface area contributed by atoms with Crippen molar-refractivity contribution < 1.29 is 36.9 Å². The molecule has 0 amide bonds. The number of ether oxygens (including phenoxy) is 2. The maximum atomic E-state index is 14.8. The lowest BCUT2D eigenvalue weighted by Gasteiger charge is -2.33. The molecule has 1 atom stereocenters. The highest BCUT2D eigenvalue weighted by Gasteiger charge is 2.31. The lowest BCUT2D eigenvalue weighted by atomic mass is 10.0. The van der Waals surface area contributed by atoms with E-state index in [2.05, 4.69) is 4.98 Å². The number of carbonyl (C=O) groups excluding carboxylic acids is 1. The smallest absolute Gasteiger partial charge is 0.340 e. The third kappa shape index (κ3) is 5.95. The quantitative estimate of drug-likeness (QED) is 0.259. The van der Waals surface area contributed by atoms with Gasteiger partial charge in [-0.25, -0.2) is 27.3 Å². The van der Waals surface area contributed by atoms with Crippen LogP contribution in [-0.4, -0.2) is 34.7 Å². The van der Waals surface area contributed by atoms with Gasteiger partial charge in [-0.2, -0.15) is 0 Å². The molecule has 1 N–H and O–H groups in total. The zero-order valence-electron chi connectivity index (χ0n) is 19.5. The Morgan fingerprint density at radius 1 is 1.03 bits per heavy atom. The van der Waals surface area contributed by atoms with Crippen LogP contribution >= 0.6 is 0 Å². The van der Waals surface area contributed by atoms with Gasteiger partial charge in [0.2, 0.25) is 6.41 Å². The molecule has 3 aromatic rings. The number of para-hydroxylation sites is 1.